The van der Waals surface area contributed by atoms with Crippen LogP contribution in [0.15, 0.2) is 12.4 Å². The fourth-order valence-electron chi connectivity index (χ4n) is 2.60. The lowest BCUT2D eigenvalue weighted by Crippen LogP contribution is -2.41. The summed E-state index contributed by atoms with van der Waals surface area (Å²) in [6, 6.07) is 2.20. The van der Waals surface area contributed by atoms with Crippen LogP contribution in [-0.4, -0.2) is 27.5 Å². The topological polar surface area (TPSA) is 66.9 Å². The predicted octanol–water partition coefficient (Wildman–Crippen LogP) is 3.14. The molecular formula is C16H26N4O. The van der Waals surface area contributed by atoms with Crippen molar-refractivity contribution in [2.24, 2.45) is 0 Å². The van der Waals surface area contributed by atoms with Crippen LogP contribution in [0.2, 0.25) is 0 Å². The van der Waals surface area contributed by atoms with Crippen molar-refractivity contribution in [1.82, 2.24) is 15.3 Å². The normalized spacial score (nSPS) is 17.1. The quantitative estimate of drug-likeness (QED) is 0.839. The Bertz CT molecular complexity index is 473. The van der Waals surface area contributed by atoms with Gasteiger partial charge in [-0.05, 0) is 33.6 Å². The molecule has 0 unspecified atom stereocenters. The molecule has 1 aromatic rings. The molecule has 0 radical (unpaired) electrons. The zero-order chi connectivity index (χ0) is 15.3. The largest absolute Gasteiger partial charge is 0.367 e. The molecule has 0 atom stereocenters. The van der Waals surface area contributed by atoms with Crippen LogP contribution < -0.4 is 10.6 Å². The average Bonchev–Trinajstić information content (AvgIpc) is 2.66. The first-order chi connectivity index (χ1) is 9.94. The van der Waals surface area contributed by atoms with E-state index in [0.29, 0.717) is 11.7 Å². The molecule has 1 aromatic heterocycles. The number of anilines is 1. The Morgan fingerprint density at radius 1 is 1.14 bits per heavy atom. The van der Waals surface area contributed by atoms with Crippen LogP contribution in [0.25, 0.3) is 0 Å². The third kappa shape index (κ3) is 5.33. The Kier molecular flexibility index (Phi) is 5.15. The molecule has 1 saturated carbocycles. The average molecular weight is 290 g/mol. The van der Waals surface area contributed by atoms with E-state index in [4.69, 9.17) is 0 Å². The fourth-order valence-corrected chi connectivity index (χ4v) is 2.60. The van der Waals surface area contributed by atoms with Crippen molar-refractivity contribution in [2.45, 2.75) is 70.9 Å². The molecule has 0 aliphatic heterocycles. The highest BCUT2D eigenvalue weighted by Crippen LogP contribution is 2.20. The van der Waals surface area contributed by atoms with Crippen LogP contribution in [0.5, 0.6) is 0 Å². The second kappa shape index (κ2) is 6.87. The van der Waals surface area contributed by atoms with Gasteiger partial charge < -0.3 is 10.6 Å². The summed E-state index contributed by atoms with van der Waals surface area (Å²) in [7, 11) is 0. The molecular weight excluding hydrogens is 264 g/mol. The van der Waals surface area contributed by atoms with Crippen molar-refractivity contribution in [3.63, 3.8) is 0 Å². The van der Waals surface area contributed by atoms with Crippen molar-refractivity contribution < 1.29 is 4.79 Å². The maximum absolute atomic E-state index is 12.1. The second-order valence-corrected chi connectivity index (χ2v) is 6.83. The zero-order valence-electron chi connectivity index (χ0n) is 13.3. The molecule has 2 N–H and O–H groups in total. The van der Waals surface area contributed by atoms with E-state index in [2.05, 4.69) is 20.6 Å². The number of carbonyl (C=O) groups is 1. The molecule has 21 heavy (non-hydrogen) atoms. The number of aromatic nitrogens is 2. The first-order valence-corrected chi connectivity index (χ1v) is 7.85. The van der Waals surface area contributed by atoms with Crippen molar-refractivity contribution >= 4 is 11.7 Å². The number of hydrogen-bond donors (Lipinski definition) is 2. The fraction of sp³-hybridized carbons (Fsp3) is 0.688. The first kappa shape index (κ1) is 15.7. The molecule has 1 amide bonds. The van der Waals surface area contributed by atoms with Gasteiger partial charge in [-0.3, -0.25) is 4.79 Å². The van der Waals surface area contributed by atoms with Crippen molar-refractivity contribution in [3.8, 4) is 0 Å². The number of nitrogens with zero attached hydrogens (tertiary/aromatic N) is 2. The predicted molar refractivity (Wildman–Crippen MR) is 84.4 cm³/mol. The summed E-state index contributed by atoms with van der Waals surface area (Å²) in [6.45, 7) is 5.87. The number of carbonyl (C=O) groups excluding carboxylic acids is 1. The van der Waals surface area contributed by atoms with E-state index in [0.717, 1.165) is 5.82 Å². The third-order valence-corrected chi connectivity index (χ3v) is 3.60. The summed E-state index contributed by atoms with van der Waals surface area (Å²) in [5, 5.41) is 6.37. The molecule has 0 bridgehead atoms. The van der Waals surface area contributed by atoms with Crippen molar-refractivity contribution in [1.29, 1.82) is 0 Å². The summed E-state index contributed by atoms with van der Waals surface area (Å²) in [6.07, 6.45) is 8.97. The number of nitrogens with one attached hydrogen (secondary N) is 2. The molecule has 1 fully saturated rings. The zero-order valence-corrected chi connectivity index (χ0v) is 13.3. The second-order valence-electron chi connectivity index (χ2n) is 6.83. The molecule has 0 spiro atoms. The van der Waals surface area contributed by atoms with Gasteiger partial charge in [0.05, 0.1) is 0 Å². The monoisotopic (exact) mass is 290 g/mol. The summed E-state index contributed by atoms with van der Waals surface area (Å²) < 4.78 is 0. The summed E-state index contributed by atoms with van der Waals surface area (Å²) >= 11 is 0. The Morgan fingerprint density at radius 3 is 2.43 bits per heavy atom. The molecule has 5 heteroatoms. The first-order valence-electron chi connectivity index (χ1n) is 7.85. The van der Waals surface area contributed by atoms with Gasteiger partial charge in [-0.15, -0.1) is 0 Å². The lowest BCUT2D eigenvalue weighted by Gasteiger charge is -2.20. The minimum Gasteiger partial charge on any atom is -0.367 e. The van der Waals surface area contributed by atoms with E-state index >= 15 is 0 Å². The number of hydrogen-bond acceptors (Lipinski definition) is 4. The SMILES string of the molecule is CC(C)(C)NC(=O)c1cc(NC2CCCCCC2)ncn1. The summed E-state index contributed by atoms with van der Waals surface area (Å²) in [5.41, 5.74) is 0.146. The van der Waals surface area contributed by atoms with Gasteiger partial charge in [-0.1, -0.05) is 25.7 Å². The van der Waals surface area contributed by atoms with E-state index in [-0.39, 0.29) is 11.4 Å². The molecule has 1 aliphatic carbocycles. The van der Waals surface area contributed by atoms with E-state index in [9.17, 15) is 4.79 Å². The number of rotatable bonds is 3. The summed E-state index contributed by atoms with van der Waals surface area (Å²) in [5.74, 6) is 0.588. The van der Waals surface area contributed by atoms with Crippen LogP contribution in [0.4, 0.5) is 5.82 Å². The maximum Gasteiger partial charge on any atom is 0.270 e. The van der Waals surface area contributed by atoms with Gasteiger partial charge in [0.25, 0.3) is 5.91 Å². The maximum atomic E-state index is 12.1. The molecule has 5 nitrogen and oxygen atoms in total. The molecule has 2 rings (SSSR count). The van der Waals surface area contributed by atoms with Crippen LogP contribution in [-0.2, 0) is 0 Å². The lowest BCUT2D eigenvalue weighted by molar-refractivity contribution is 0.0914. The summed E-state index contributed by atoms with van der Waals surface area (Å²) in [4.78, 5) is 20.4. The smallest absolute Gasteiger partial charge is 0.270 e. The Balaban J connectivity index is 2.01. The molecule has 1 heterocycles. The van der Waals surface area contributed by atoms with Gasteiger partial charge in [-0.2, -0.15) is 0 Å². The standard InChI is InChI=1S/C16H26N4O/c1-16(2,3)20-15(21)13-10-14(18-11-17-13)19-12-8-6-4-5-7-9-12/h10-12H,4-9H2,1-3H3,(H,20,21)(H,17,18,19). The lowest BCUT2D eigenvalue weighted by atomic mass is 10.1. The van der Waals surface area contributed by atoms with Gasteiger partial charge >= 0.3 is 0 Å². The van der Waals surface area contributed by atoms with Gasteiger partial charge in [0.15, 0.2) is 0 Å². The van der Waals surface area contributed by atoms with Crippen LogP contribution in [0, 0.1) is 0 Å². The van der Waals surface area contributed by atoms with Crippen LogP contribution in [0.3, 0.4) is 0 Å². The molecule has 1 aliphatic rings. The minimum atomic E-state index is -0.267. The van der Waals surface area contributed by atoms with E-state index in [1.807, 2.05) is 20.8 Å². The molecule has 0 aromatic carbocycles. The van der Waals surface area contributed by atoms with Gasteiger partial charge in [0.1, 0.15) is 17.8 Å². The Morgan fingerprint density at radius 2 is 1.81 bits per heavy atom. The van der Waals surface area contributed by atoms with E-state index in [1.54, 1.807) is 6.07 Å². The molecule has 0 saturated heterocycles. The van der Waals surface area contributed by atoms with E-state index in [1.165, 1.54) is 44.9 Å². The van der Waals surface area contributed by atoms with Crippen LogP contribution in [0.1, 0.15) is 69.8 Å². The minimum absolute atomic E-state index is 0.159. The third-order valence-electron chi connectivity index (χ3n) is 3.60. The highest BCUT2D eigenvalue weighted by atomic mass is 16.2. The highest BCUT2D eigenvalue weighted by Gasteiger charge is 2.18. The van der Waals surface area contributed by atoms with Gasteiger partial charge in [0.2, 0.25) is 0 Å². The highest BCUT2D eigenvalue weighted by molar-refractivity contribution is 5.93. The van der Waals surface area contributed by atoms with Gasteiger partial charge in [0, 0.05) is 17.6 Å². The van der Waals surface area contributed by atoms with Crippen LogP contribution >= 0.6 is 0 Å². The molecule has 116 valence electrons. The van der Waals surface area contributed by atoms with Crippen molar-refractivity contribution in [3.05, 3.63) is 18.1 Å². The van der Waals surface area contributed by atoms with E-state index < -0.39 is 0 Å². The van der Waals surface area contributed by atoms with Crippen molar-refractivity contribution in [2.75, 3.05) is 5.32 Å². The Hall–Kier alpha value is -1.65. The number of amides is 1. The van der Waals surface area contributed by atoms with Gasteiger partial charge in [-0.25, -0.2) is 9.97 Å². The Labute approximate surface area is 127 Å².